The van der Waals surface area contributed by atoms with Gasteiger partial charge in [0.15, 0.2) is 6.10 Å². The van der Waals surface area contributed by atoms with Crippen molar-refractivity contribution in [1.82, 2.24) is 5.32 Å². The number of ether oxygens (including phenoxy) is 1. The standard InChI is InChI=1S/C17H14ClF3N2O4S/c1-9(27-14(24)8-22-16(26)13-3-2-6-28-13)15(25)23-10-4-5-12(18)11(7-10)17(19,20)21/h2-7,9H,8H2,1H3,(H,22,26)(H,23,25)/t9-/m0/s1. The first-order valence-corrected chi connectivity index (χ1v) is 9.02. The van der Waals surface area contributed by atoms with E-state index >= 15 is 0 Å². The molecule has 0 bridgehead atoms. The summed E-state index contributed by atoms with van der Waals surface area (Å²) in [5.74, 6) is -2.18. The van der Waals surface area contributed by atoms with E-state index in [1.165, 1.54) is 24.3 Å². The van der Waals surface area contributed by atoms with Gasteiger partial charge in [0.25, 0.3) is 11.8 Å². The number of alkyl halides is 3. The number of benzene rings is 1. The minimum Gasteiger partial charge on any atom is -0.451 e. The van der Waals surface area contributed by atoms with Crippen molar-refractivity contribution < 1.29 is 32.3 Å². The van der Waals surface area contributed by atoms with Gasteiger partial charge in [0.2, 0.25) is 0 Å². The molecule has 28 heavy (non-hydrogen) atoms. The van der Waals surface area contributed by atoms with Gasteiger partial charge in [-0.15, -0.1) is 11.3 Å². The summed E-state index contributed by atoms with van der Waals surface area (Å²) in [5.41, 5.74) is -1.26. The molecule has 2 rings (SSSR count). The average molecular weight is 435 g/mol. The molecule has 2 N–H and O–H groups in total. The molecule has 0 aliphatic heterocycles. The van der Waals surface area contributed by atoms with E-state index in [1.54, 1.807) is 17.5 Å². The number of hydrogen-bond acceptors (Lipinski definition) is 5. The molecule has 0 aliphatic rings. The van der Waals surface area contributed by atoms with Gasteiger partial charge < -0.3 is 15.4 Å². The highest BCUT2D eigenvalue weighted by molar-refractivity contribution is 7.12. The zero-order valence-electron chi connectivity index (χ0n) is 14.3. The van der Waals surface area contributed by atoms with Gasteiger partial charge >= 0.3 is 12.1 Å². The molecule has 0 saturated heterocycles. The fourth-order valence-corrected chi connectivity index (χ4v) is 2.87. The normalized spacial score (nSPS) is 12.2. The third-order valence-electron chi connectivity index (χ3n) is 3.35. The molecule has 2 amide bonds. The third kappa shape index (κ3) is 5.96. The molecule has 1 aromatic heterocycles. The highest BCUT2D eigenvalue weighted by atomic mass is 35.5. The van der Waals surface area contributed by atoms with E-state index < -0.39 is 47.2 Å². The van der Waals surface area contributed by atoms with Crippen LogP contribution in [0.5, 0.6) is 0 Å². The molecule has 1 aromatic carbocycles. The van der Waals surface area contributed by atoms with Crippen LogP contribution in [0.15, 0.2) is 35.7 Å². The summed E-state index contributed by atoms with van der Waals surface area (Å²) in [6.07, 6.45) is -5.98. The Morgan fingerprint density at radius 2 is 1.96 bits per heavy atom. The number of hydrogen-bond donors (Lipinski definition) is 2. The van der Waals surface area contributed by atoms with Crippen LogP contribution < -0.4 is 10.6 Å². The Labute approximate surface area is 166 Å². The van der Waals surface area contributed by atoms with Crippen molar-refractivity contribution in [3.8, 4) is 0 Å². The number of nitrogens with one attached hydrogen (secondary N) is 2. The van der Waals surface area contributed by atoms with Crippen LogP contribution in [-0.2, 0) is 20.5 Å². The van der Waals surface area contributed by atoms with Crippen LogP contribution in [0.4, 0.5) is 18.9 Å². The molecule has 0 saturated carbocycles. The Bertz CT molecular complexity index is 872. The smallest absolute Gasteiger partial charge is 0.417 e. The van der Waals surface area contributed by atoms with E-state index in [4.69, 9.17) is 16.3 Å². The van der Waals surface area contributed by atoms with Gasteiger partial charge in [0.1, 0.15) is 6.54 Å². The number of carbonyl (C=O) groups excluding carboxylic acids is 3. The van der Waals surface area contributed by atoms with Gasteiger partial charge in [-0.05, 0) is 36.6 Å². The summed E-state index contributed by atoms with van der Waals surface area (Å²) >= 11 is 6.70. The summed E-state index contributed by atoms with van der Waals surface area (Å²) in [6, 6.07) is 6.10. The van der Waals surface area contributed by atoms with Crippen molar-refractivity contribution >= 4 is 46.4 Å². The van der Waals surface area contributed by atoms with Crippen LogP contribution >= 0.6 is 22.9 Å². The lowest BCUT2D eigenvalue weighted by Crippen LogP contribution is -2.35. The molecule has 2 aromatic rings. The molecule has 0 spiro atoms. The molecule has 0 unspecified atom stereocenters. The van der Waals surface area contributed by atoms with E-state index in [1.807, 2.05) is 0 Å². The van der Waals surface area contributed by atoms with Crippen molar-refractivity contribution in [3.63, 3.8) is 0 Å². The summed E-state index contributed by atoms with van der Waals surface area (Å²) < 4.78 is 43.4. The second kappa shape index (κ2) is 9.07. The van der Waals surface area contributed by atoms with Gasteiger partial charge in [-0.3, -0.25) is 14.4 Å². The Balaban J connectivity index is 1.88. The first-order valence-electron chi connectivity index (χ1n) is 7.76. The minimum absolute atomic E-state index is 0.157. The van der Waals surface area contributed by atoms with Crippen molar-refractivity contribution in [1.29, 1.82) is 0 Å². The Morgan fingerprint density at radius 1 is 1.25 bits per heavy atom. The fraction of sp³-hybridized carbons (Fsp3) is 0.235. The van der Waals surface area contributed by atoms with Crippen molar-refractivity contribution in [2.45, 2.75) is 19.2 Å². The van der Waals surface area contributed by atoms with Crippen molar-refractivity contribution in [2.75, 3.05) is 11.9 Å². The molecule has 11 heteroatoms. The Morgan fingerprint density at radius 3 is 2.57 bits per heavy atom. The first-order chi connectivity index (χ1) is 13.1. The van der Waals surface area contributed by atoms with Crippen molar-refractivity contribution in [2.24, 2.45) is 0 Å². The third-order valence-corrected chi connectivity index (χ3v) is 4.55. The van der Waals surface area contributed by atoms with E-state index in [0.717, 1.165) is 6.07 Å². The van der Waals surface area contributed by atoms with Gasteiger partial charge in [0.05, 0.1) is 15.5 Å². The summed E-state index contributed by atoms with van der Waals surface area (Å²) in [7, 11) is 0. The second-order valence-corrected chi connectivity index (χ2v) is 6.83. The second-order valence-electron chi connectivity index (χ2n) is 5.47. The quantitative estimate of drug-likeness (QED) is 0.679. The van der Waals surface area contributed by atoms with Gasteiger partial charge in [-0.1, -0.05) is 17.7 Å². The SMILES string of the molecule is C[C@H](OC(=O)CNC(=O)c1cccs1)C(=O)Nc1ccc(Cl)c(C(F)(F)F)c1. The van der Waals surface area contributed by atoms with Crippen LogP contribution in [0.1, 0.15) is 22.2 Å². The fourth-order valence-electron chi connectivity index (χ4n) is 2.00. The number of thiophene rings is 1. The number of rotatable bonds is 6. The zero-order valence-corrected chi connectivity index (χ0v) is 15.9. The maximum Gasteiger partial charge on any atom is 0.417 e. The molecule has 0 radical (unpaired) electrons. The number of anilines is 1. The van der Waals surface area contributed by atoms with Gasteiger partial charge in [-0.2, -0.15) is 13.2 Å². The molecule has 150 valence electrons. The van der Waals surface area contributed by atoms with Gasteiger partial charge in [-0.25, -0.2) is 0 Å². The Hall–Kier alpha value is -2.59. The van der Waals surface area contributed by atoms with E-state index in [9.17, 15) is 27.6 Å². The van der Waals surface area contributed by atoms with E-state index in [2.05, 4.69) is 10.6 Å². The topological polar surface area (TPSA) is 84.5 Å². The molecular formula is C17H14ClF3N2O4S. The zero-order chi connectivity index (χ0) is 20.9. The largest absolute Gasteiger partial charge is 0.451 e. The van der Waals surface area contributed by atoms with Crippen LogP contribution in [0.25, 0.3) is 0 Å². The van der Waals surface area contributed by atoms with Crippen molar-refractivity contribution in [3.05, 3.63) is 51.2 Å². The highest BCUT2D eigenvalue weighted by Crippen LogP contribution is 2.36. The maximum absolute atomic E-state index is 12.8. The van der Waals surface area contributed by atoms with E-state index in [-0.39, 0.29) is 5.69 Å². The van der Waals surface area contributed by atoms with Crippen LogP contribution in [0.2, 0.25) is 5.02 Å². The maximum atomic E-state index is 12.8. The molecule has 0 aliphatic carbocycles. The van der Waals surface area contributed by atoms with Crippen LogP contribution in [0.3, 0.4) is 0 Å². The average Bonchev–Trinajstić information content (AvgIpc) is 3.15. The van der Waals surface area contributed by atoms with Gasteiger partial charge in [0, 0.05) is 5.69 Å². The summed E-state index contributed by atoms with van der Waals surface area (Å²) in [4.78, 5) is 35.9. The number of carbonyl (C=O) groups is 3. The number of esters is 1. The minimum atomic E-state index is -4.68. The molecule has 1 atom stereocenters. The Kier molecular flexibility index (Phi) is 7.03. The monoisotopic (exact) mass is 434 g/mol. The molecule has 1 heterocycles. The predicted octanol–water partition coefficient (Wildman–Crippen LogP) is 3.72. The van der Waals surface area contributed by atoms with Crippen LogP contribution in [0, 0.1) is 0 Å². The first kappa shape index (κ1) is 21.7. The highest BCUT2D eigenvalue weighted by Gasteiger charge is 2.33. The molecular weight excluding hydrogens is 421 g/mol. The summed E-state index contributed by atoms with van der Waals surface area (Å²) in [6.45, 7) is 0.780. The van der Waals surface area contributed by atoms with E-state index in [0.29, 0.717) is 10.9 Å². The summed E-state index contributed by atoms with van der Waals surface area (Å²) in [5, 5.41) is 5.74. The lowest BCUT2D eigenvalue weighted by atomic mass is 10.2. The number of amides is 2. The van der Waals surface area contributed by atoms with Crippen LogP contribution in [-0.4, -0.2) is 30.4 Å². The number of halogens is 4. The molecule has 0 fully saturated rings. The molecule has 6 nitrogen and oxygen atoms in total. The lowest BCUT2D eigenvalue weighted by molar-refractivity contribution is -0.152. The lowest BCUT2D eigenvalue weighted by Gasteiger charge is -2.15. The predicted molar refractivity (Wildman–Crippen MR) is 97.3 cm³/mol.